The number of ether oxygens (including phenoxy) is 3. The maximum Gasteiger partial charge on any atom is 0.410 e. The molecule has 2 N–H and O–H groups in total. The van der Waals surface area contributed by atoms with Crippen LogP contribution >= 0.6 is 0 Å². The summed E-state index contributed by atoms with van der Waals surface area (Å²) in [4.78, 5) is 18.7. The number of aliphatic imine (C=N–C) groups is 1. The molecule has 0 aromatic heterocycles. The molecule has 8 heteroatoms. The first-order valence-corrected chi connectivity index (χ1v) is 11.8. The van der Waals surface area contributed by atoms with Crippen molar-refractivity contribution in [1.82, 2.24) is 4.90 Å². The molecule has 1 amide bonds. The van der Waals surface area contributed by atoms with Gasteiger partial charge in [0.15, 0.2) is 0 Å². The molecule has 2 saturated carbocycles. The van der Waals surface area contributed by atoms with Crippen LogP contribution in [-0.4, -0.2) is 67.9 Å². The van der Waals surface area contributed by atoms with Gasteiger partial charge in [-0.1, -0.05) is 19.9 Å². The van der Waals surface area contributed by atoms with E-state index < -0.39 is 5.83 Å². The second kappa shape index (κ2) is 9.61. The summed E-state index contributed by atoms with van der Waals surface area (Å²) in [6.45, 7) is 7.07. The van der Waals surface area contributed by atoms with Gasteiger partial charge in [0.25, 0.3) is 0 Å². The van der Waals surface area contributed by atoms with Crippen LogP contribution in [0.2, 0.25) is 0 Å². The van der Waals surface area contributed by atoms with E-state index in [0.717, 1.165) is 44.2 Å². The van der Waals surface area contributed by atoms with Crippen molar-refractivity contribution in [1.29, 1.82) is 0 Å². The molecule has 7 unspecified atom stereocenters. The van der Waals surface area contributed by atoms with E-state index in [1.54, 1.807) is 4.90 Å². The summed E-state index contributed by atoms with van der Waals surface area (Å²) in [5.74, 6) is 0.248. The summed E-state index contributed by atoms with van der Waals surface area (Å²) in [6.07, 6.45) is 8.13. The third-order valence-electron chi connectivity index (χ3n) is 7.93. The van der Waals surface area contributed by atoms with Crippen molar-refractivity contribution >= 4 is 11.8 Å². The Balaban J connectivity index is 1.36. The maximum absolute atomic E-state index is 13.5. The number of likely N-dealkylation sites (tertiary alicyclic amines) is 1. The van der Waals surface area contributed by atoms with Crippen LogP contribution in [-0.2, 0) is 14.2 Å². The third kappa shape index (κ3) is 4.24. The molecule has 2 aliphatic heterocycles. The number of nitrogens with zero attached hydrogens (tertiary/aromatic N) is 2. The van der Waals surface area contributed by atoms with Crippen molar-refractivity contribution in [3.63, 3.8) is 0 Å². The normalized spacial score (nSPS) is 38.9. The van der Waals surface area contributed by atoms with Gasteiger partial charge in [0.2, 0.25) is 0 Å². The lowest BCUT2D eigenvalue weighted by Crippen LogP contribution is -2.49. The van der Waals surface area contributed by atoms with Gasteiger partial charge in [-0.3, -0.25) is 9.89 Å². The quantitative estimate of drug-likeness (QED) is 0.452. The molecule has 4 aliphatic rings. The van der Waals surface area contributed by atoms with E-state index in [9.17, 15) is 9.18 Å². The zero-order valence-electron chi connectivity index (χ0n) is 19.2. The minimum absolute atomic E-state index is 0.0367. The SMILES string of the molecule is C=C/C(F)=C\N=C(CCC)C12CCC(OCC3C(N)C4COCC4N3C(=O)OC)CC1C2. The minimum atomic E-state index is -0.401. The molecule has 2 aliphatic carbocycles. The predicted molar refractivity (Wildman–Crippen MR) is 120 cm³/mol. The number of amides is 1. The summed E-state index contributed by atoms with van der Waals surface area (Å²) in [7, 11) is 1.40. The van der Waals surface area contributed by atoms with Crippen LogP contribution in [0, 0.1) is 17.3 Å². The molecule has 4 fully saturated rings. The van der Waals surface area contributed by atoms with Gasteiger partial charge in [-0.15, -0.1) is 0 Å². The van der Waals surface area contributed by atoms with Crippen LogP contribution in [0.15, 0.2) is 29.7 Å². The van der Waals surface area contributed by atoms with Gasteiger partial charge < -0.3 is 19.9 Å². The first kappa shape index (κ1) is 23.4. The molecule has 2 saturated heterocycles. The Labute approximate surface area is 189 Å². The van der Waals surface area contributed by atoms with E-state index in [2.05, 4.69) is 18.5 Å². The van der Waals surface area contributed by atoms with Crippen LogP contribution in [0.4, 0.5) is 9.18 Å². The molecule has 0 aromatic rings. The predicted octanol–water partition coefficient (Wildman–Crippen LogP) is 3.59. The van der Waals surface area contributed by atoms with Gasteiger partial charge in [0, 0.05) is 23.1 Å². The highest BCUT2D eigenvalue weighted by Crippen LogP contribution is 2.63. The Hall–Kier alpha value is -1.77. The van der Waals surface area contributed by atoms with Gasteiger partial charge in [-0.25, -0.2) is 9.18 Å². The molecule has 7 nitrogen and oxygen atoms in total. The molecule has 32 heavy (non-hydrogen) atoms. The highest BCUT2D eigenvalue weighted by Gasteiger charge is 2.59. The topological polar surface area (TPSA) is 86.4 Å². The molecule has 0 bridgehead atoms. The van der Waals surface area contributed by atoms with Crippen LogP contribution < -0.4 is 5.73 Å². The van der Waals surface area contributed by atoms with Crippen molar-refractivity contribution in [3.8, 4) is 0 Å². The van der Waals surface area contributed by atoms with E-state index in [-0.39, 0.29) is 41.7 Å². The zero-order valence-corrected chi connectivity index (χ0v) is 19.2. The average Bonchev–Trinajstić information content (AvgIpc) is 3.22. The van der Waals surface area contributed by atoms with E-state index in [4.69, 9.17) is 19.9 Å². The Morgan fingerprint density at radius 1 is 1.44 bits per heavy atom. The number of carbonyl (C=O) groups excluding carboxylic acids is 1. The second-order valence-corrected chi connectivity index (χ2v) is 9.62. The molecule has 4 rings (SSSR count). The number of rotatable bonds is 8. The van der Waals surface area contributed by atoms with Crippen LogP contribution in [0.3, 0.4) is 0 Å². The monoisotopic (exact) mass is 449 g/mol. The minimum Gasteiger partial charge on any atom is -0.453 e. The lowest BCUT2D eigenvalue weighted by Gasteiger charge is -2.33. The number of methoxy groups -OCH3 is 1. The van der Waals surface area contributed by atoms with Gasteiger partial charge in [0.1, 0.15) is 5.83 Å². The third-order valence-corrected chi connectivity index (χ3v) is 7.93. The molecular weight excluding hydrogens is 413 g/mol. The largest absolute Gasteiger partial charge is 0.453 e. The second-order valence-electron chi connectivity index (χ2n) is 9.62. The number of carbonyl (C=O) groups is 1. The number of hydrogen-bond acceptors (Lipinski definition) is 6. The van der Waals surface area contributed by atoms with E-state index in [0.29, 0.717) is 25.7 Å². The number of allylic oxidation sites excluding steroid dienone is 2. The van der Waals surface area contributed by atoms with Crippen molar-refractivity contribution in [2.24, 2.45) is 28.0 Å². The smallest absolute Gasteiger partial charge is 0.410 e. The summed E-state index contributed by atoms with van der Waals surface area (Å²) in [6, 6.07) is -0.415. The Morgan fingerprint density at radius 2 is 2.25 bits per heavy atom. The standard InChI is InChI=1S/C24H36FN3O4/c1-4-6-21(27-11-16(25)5-2)24-8-7-17(9-15(24)10-24)32-14-20-22(26)18-12-31-13-19(18)28(20)23(29)30-3/h5,11,15,17-20,22H,2,4,6-10,12-14,26H2,1,3H3/b16-11+,27-21?. The molecule has 0 spiro atoms. The van der Waals surface area contributed by atoms with Gasteiger partial charge in [-0.05, 0) is 44.1 Å². The summed E-state index contributed by atoms with van der Waals surface area (Å²) in [5.41, 5.74) is 7.71. The maximum atomic E-state index is 13.5. The highest BCUT2D eigenvalue weighted by molar-refractivity contribution is 5.93. The lowest BCUT2D eigenvalue weighted by molar-refractivity contribution is -0.0146. The lowest BCUT2D eigenvalue weighted by atomic mass is 9.81. The average molecular weight is 450 g/mol. The molecule has 0 radical (unpaired) electrons. The molecule has 0 aromatic carbocycles. The van der Waals surface area contributed by atoms with Gasteiger partial charge >= 0.3 is 6.09 Å². The first-order chi connectivity index (χ1) is 15.4. The Bertz CT molecular complexity index is 787. The molecule has 2 heterocycles. The number of halogens is 1. The first-order valence-electron chi connectivity index (χ1n) is 11.8. The molecular formula is C24H36FN3O4. The van der Waals surface area contributed by atoms with Gasteiger partial charge in [0.05, 0.1) is 51.3 Å². The fourth-order valence-electron chi connectivity index (χ4n) is 6.10. The molecule has 7 atom stereocenters. The highest BCUT2D eigenvalue weighted by atomic mass is 19.1. The number of nitrogens with two attached hydrogens (primary N) is 1. The van der Waals surface area contributed by atoms with Crippen LogP contribution in [0.25, 0.3) is 0 Å². The number of hydrogen-bond donors (Lipinski definition) is 1. The van der Waals surface area contributed by atoms with E-state index >= 15 is 0 Å². The van der Waals surface area contributed by atoms with Gasteiger partial charge in [-0.2, -0.15) is 0 Å². The number of fused-ring (bicyclic) bond motifs is 2. The van der Waals surface area contributed by atoms with Crippen LogP contribution in [0.1, 0.15) is 45.4 Å². The van der Waals surface area contributed by atoms with Crippen molar-refractivity contribution in [2.45, 2.75) is 69.7 Å². The Morgan fingerprint density at radius 3 is 2.94 bits per heavy atom. The van der Waals surface area contributed by atoms with E-state index in [1.165, 1.54) is 19.4 Å². The summed E-state index contributed by atoms with van der Waals surface area (Å²) >= 11 is 0. The summed E-state index contributed by atoms with van der Waals surface area (Å²) in [5, 5.41) is 0. The van der Waals surface area contributed by atoms with Crippen molar-refractivity contribution in [2.75, 3.05) is 26.9 Å². The van der Waals surface area contributed by atoms with E-state index in [1.807, 2.05) is 0 Å². The van der Waals surface area contributed by atoms with Crippen molar-refractivity contribution < 1.29 is 23.4 Å². The summed E-state index contributed by atoms with van der Waals surface area (Å²) < 4.78 is 30.4. The van der Waals surface area contributed by atoms with Crippen LogP contribution in [0.5, 0.6) is 0 Å². The zero-order chi connectivity index (χ0) is 22.9. The fraction of sp³-hybridized carbons (Fsp3) is 0.750. The Kier molecular flexibility index (Phi) is 7.03. The van der Waals surface area contributed by atoms with Crippen molar-refractivity contribution in [3.05, 3.63) is 24.7 Å². The fourth-order valence-corrected chi connectivity index (χ4v) is 6.10. The molecule has 178 valence electrons.